The van der Waals surface area contributed by atoms with Crippen LogP contribution in [0.15, 0.2) is 48.7 Å². The maximum Gasteiger partial charge on any atom is 0.317 e. The van der Waals surface area contributed by atoms with Gasteiger partial charge in [0.05, 0.1) is 0 Å². The van der Waals surface area contributed by atoms with Crippen LogP contribution in [0.3, 0.4) is 0 Å². The van der Waals surface area contributed by atoms with Gasteiger partial charge in [0.2, 0.25) is 0 Å². The molecule has 0 unspecified atom stereocenters. The van der Waals surface area contributed by atoms with E-state index in [1.165, 1.54) is 5.56 Å². The minimum absolute atomic E-state index is 0.0293. The van der Waals surface area contributed by atoms with Gasteiger partial charge in [0.25, 0.3) is 0 Å². The maximum absolute atomic E-state index is 12.4. The van der Waals surface area contributed by atoms with E-state index in [1.807, 2.05) is 30.0 Å². The summed E-state index contributed by atoms with van der Waals surface area (Å²) in [6.07, 6.45) is 2.54. The van der Waals surface area contributed by atoms with Gasteiger partial charge in [-0.15, -0.1) is 0 Å². The Labute approximate surface area is 151 Å². The topological polar surface area (TPSA) is 45.2 Å². The van der Waals surface area contributed by atoms with Gasteiger partial charge in [-0.1, -0.05) is 51.1 Å². The number of hydrogen-bond donors (Lipinski definition) is 1. The summed E-state index contributed by atoms with van der Waals surface area (Å²) < 4.78 is 0. The fraction of sp³-hybridized carbons (Fsp3) is 0.429. The van der Waals surface area contributed by atoms with Crippen LogP contribution in [0.5, 0.6) is 0 Å². The lowest BCUT2D eigenvalue weighted by atomic mass is 9.87. The highest BCUT2D eigenvalue weighted by molar-refractivity contribution is 5.74. The zero-order chi connectivity index (χ0) is 18.3. The number of carbonyl (C=O) groups is 1. The van der Waals surface area contributed by atoms with Gasteiger partial charge in [-0.2, -0.15) is 0 Å². The van der Waals surface area contributed by atoms with Crippen LogP contribution < -0.4 is 5.32 Å². The fourth-order valence-electron chi connectivity index (χ4n) is 2.64. The Kier molecular flexibility index (Phi) is 6.57. The molecule has 25 heavy (non-hydrogen) atoms. The van der Waals surface area contributed by atoms with Crippen molar-refractivity contribution < 1.29 is 4.79 Å². The van der Waals surface area contributed by atoms with Crippen LogP contribution in [-0.2, 0) is 18.4 Å². The molecular weight excluding hydrogens is 310 g/mol. The molecule has 1 aromatic carbocycles. The fourth-order valence-corrected chi connectivity index (χ4v) is 2.64. The molecule has 1 aromatic heterocycles. The smallest absolute Gasteiger partial charge is 0.317 e. The van der Waals surface area contributed by atoms with Crippen molar-refractivity contribution in [3.05, 3.63) is 65.5 Å². The molecule has 0 radical (unpaired) electrons. The van der Waals surface area contributed by atoms with Gasteiger partial charge in [0.1, 0.15) is 0 Å². The molecule has 0 atom stereocenters. The number of benzene rings is 1. The van der Waals surface area contributed by atoms with Crippen molar-refractivity contribution in [3.63, 3.8) is 0 Å². The molecule has 2 aromatic rings. The van der Waals surface area contributed by atoms with Gasteiger partial charge in [0.15, 0.2) is 0 Å². The third kappa shape index (κ3) is 5.89. The molecule has 0 spiro atoms. The Morgan fingerprint density at radius 3 is 2.40 bits per heavy atom. The van der Waals surface area contributed by atoms with Crippen molar-refractivity contribution in [2.45, 2.75) is 46.1 Å². The number of pyridine rings is 1. The Bertz CT molecular complexity index is 660. The summed E-state index contributed by atoms with van der Waals surface area (Å²) in [4.78, 5) is 18.6. The largest absolute Gasteiger partial charge is 0.338 e. The van der Waals surface area contributed by atoms with Crippen LogP contribution in [0.4, 0.5) is 4.79 Å². The molecule has 2 amide bonds. The van der Waals surface area contributed by atoms with Gasteiger partial charge < -0.3 is 10.2 Å². The number of aromatic nitrogens is 1. The van der Waals surface area contributed by atoms with Crippen molar-refractivity contribution in [1.29, 1.82) is 0 Å². The number of urea groups is 1. The van der Waals surface area contributed by atoms with Crippen LogP contribution in [0, 0.1) is 0 Å². The maximum atomic E-state index is 12.4. The first-order valence-corrected chi connectivity index (χ1v) is 8.92. The van der Waals surface area contributed by atoms with Crippen molar-refractivity contribution >= 4 is 6.03 Å². The van der Waals surface area contributed by atoms with Gasteiger partial charge in [-0.05, 0) is 35.6 Å². The molecule has 0 aliphatic heterocycles. The molecule has 2 rings (SSSR count). The summed E-state index contributed by atoms with van der Waals surface area (Å²) in [5, 5.41) is 2.90. The minimum Gasteiger partial charge on any atom is -0.338 e. The number of carbonyl (C=O) groups excluding carboxylic acids is 1. The summed E-state index contributed by atoms with van der Waals surface area (Å²) in [7, 11) is 0. The van der Waals surface area contributed by atoms with E-state index in [-0.39, 0.29) is 11.4 Å². The van der Waals surface area contributed by atoms with E-state index in [9.17, 15) is 4.79 Å². The van der Waals surface area contributed by atoms with E-state index in [0.717, 1.165) is 17.7 Å². The minimum atomic E-state index is -0.0293. The Morgan fingerprint density at radius 2 is 1.84 bits per heavy atom. The average molecular weight is 339 g/mol. The van der Waals surface area contributed by atoms with Crippen LogP contribution in [0.1, 0.15) is 44.5 Å². The summed E-state index contributed by atoms with van der Waals surface area (Å²) in [6, 6.07) is 14.4. The third-order valence-corrected chi connectivity index (χ3v) is 4.17. The lowest BCUT2D eigenvalue weighted by molar-refractivity contribution is 0.196. The van der Waals surface area contributed by atoms with Crippen LogP contribution in [0.2, 0.25) is 0 Å². The van der Waals surface area contributed by atoms with Crippen LogP contribution in [0.25, 0.3) is 0 Å². The zero-order valence-corrected chi connectivity index (χ0v) is 15.7. The number of amides is 2. The van der Waals surface area contributed by atoms with E-state index in [1.54, 1.807) is 6.20 Å². The van der Waals surface area contributed by atoms with Crippen LogP contribution in [-0.4, -0.2) is 29.0 Å². The Hall–Kier alpha value is -2.36. The number of nitrogens with zero attached hydrogens (tertiary/aromatic N) is 2. The number of rotatable bonds is 6. The lowest BCUT2D eigenvalue weighted by Crippen LogP contribution is -2.40. The van der Waals surface area contributed by atoms with Gasteiger partial charge in [0, 0.05) is 37.9 Å². The van der Waals surface area contributed by atoms with Gasteiger partial charge >= 0.3 is 6.03 Å². The molecule has 134 valence electrons. The molecule has 4 nitrogen and oxygen atoms in total. The monoisotopic (exact) mass is 339 g/mol. The first-order chi connectivity index (χ1) is 11.9. The first kappa shape index (κ1) is 19.0. The van der Waals surface area contributed by atoms with Crippen molar-refractivity contribution in [1.82, 2.24) is 15.2 Å². The molecule has 4 heteroatoms. The second-order valence-electron chi connectivity index (χ2n) is 7.28. The third-order valence-electron chi connectivity index (χ3n) is 4.17. The van der Waals surface area contributed by atoms with Crippen molar-refractivity contribution in [2.24, 2.45) is 0 Å². The molecule has 0 saturated carbocycles. The molecule has 1 heterocycles. The standard InChI is InChI=1S/C21H29N3O/c1-5-22-20(25)24(15-13-19-8-6-7-14-23-19)16-17-9-11-18(12-10-17)21(2,3)4/h6-12,14H,5,13,15-16H2,1-4H3,(H,22,25). The molecular formula is C21H29N3O. The average Bonchev–Trinajstić information content (AvgIpc) is 2.59. The normalized spacial score (nSPS) is 11.2. The van der Waals surface area contributed by atoms with E-state index < -0.39 is 0 Å². The second kappa shape index (κ2) is 8.65. The summed E-state index contributed by atoms with van der Waals surface area (Å²) in [6.45, 7) is 10.4. The van der Waals surface area contributed by atoms with Gasteiger partial charge in [-0.3, -0.25) is 4.98 Å². The summed E-state index contributed by atoms with van der Waals surface area (Å²) in [5.74, 6) is 0. The highest BCUT2D eigenvalue weighted by atomic mass is 16.2. The SMILES string of the molecule is CCNC(=O)N(CCc1ccccn1)Cc1ccc(C(C)(C)C)cc1. The Morgan fingerprint density at radius 1 is 1.12 bits per heavy atom. The Balaban J connectivity index is 2.06. The quantitative estimate of drug-likeness (QED) is 0.859. The summed E-state index contributed by atoms with van der Waals surface area (Å²) >= 11 is 0. The van der Waals surface area contributed by atoms with E-state index in [0.29, 0.717) is 19.6 Å². The van der Waals surface area contributed by atoms with Crippen LogP contribution >= 0.6 is 0 Å². The molecule has 0 aliphatic rings. The highest BCUT2D eigenvalue weighted by Crippen LogP contribution is 2.22. The lowest BCUT2D eigenvalue weighted by Gasteiger charge is -2.24. The molecule has 0 bridgehead atoms. The number of nitrogens with one attached hydrogen (secondary N) is 1. The molecule has 1 N–H and O–H groups in total. The molecule has 0 aliphatic carbocycles. The first-order valence-electron chi connectivity index (χ1n) is 8.92. The van der Waals surface area contributed by atoms with E-state index >= 15 is 0 Å². The zero-order valence-electron chi connectivity index (χ0n) is 15.7. The van der Waals surface area contributed by atoms with Gasteiger partial charge in [-0.25, -0.2) is 4.79 Å². The van der Waals surface area contributed by atoms with E-state index in [2.05, 4.69) is 55.3 Å². The molecule has 0 saturated heterocycles. The molecule has 0 fully saturated rings. The predicted octanol–water partition coefficient (Wildman–Crippen LogP) is 4.15. The van der Waals surface area contributed by atoms with Crippen molar-refractivity contribution in [2.75, 3.05) is 13.1 Å². The van der Waals surface area contributed by atoms with E-state index in [4.69, 9.17) is 0 Å². The summed E-state index contributed by atoms with van der Waals surface area (Å²) in [5.41, 5.74) is 3.57. The second-order valence-corrected chi connectivity index (χ2v) is 7.28. The highest BCUT2D eigenvalue weighted by Gasteiger charge is 2.16. The predicted molar refractivity (Wildman–Crippen MR) is 103 cm³/mol. The van der Waals surface area contributed by atoms with Crippen molar-refractivity contribution in [3.8, 4) is 0 Å². The number of hydrogen-bond acceptors (Lipinski definition) is 2.